The first-order valence-corrected chi connectivity index (χ1v) is 9.80. The van der Waals surface area contributed by atoms with Crippen molar-refractivity contribution in [3.05, 3.63) is 23.1 Å². The van der Waals surface area contributed by atoms with Gasteiger partial charge >= 0.3 is 0 Å². The lowest BCUT2D eigenvalue weighted by molar-refractivity contribution is -0.133. The van der Waals surface area contributed by atoms with Gasteiger partial charge in [0.1, 0.15) is 6.54 Å². The molecule has 0 saturated carbocycles. The first-order chi connectivity index (χ1) is 14.3. The van der Waals surface area contributed by atoms with E-state index >= 15 is 4.39 Å². The van der Waals surface area contributed by atoms with Crippen LogP contribution in [0.15, 0.2) is 10.6 Å². The van der Waals surface area contributed by atoms with E-state index in [1.54, 1.807) is 11.9 Å². The van der Waals surface area contributed by atoms with E-state index in [1.807, 2.05) is 13.8 Å². The number of hydrogen-bond acceptors (Lipinski definition) is 7. The fourth-order valence-electron chi connectivity index (χ4n) is 4.06. The number of likely N-dealkylation sites (N-methyl/N-ethyl adjacent to an activating group) is 1. The third-order valence-electron chi connectivity index (χ3n) is 5.52. The minimum Gasteiger partial charge on any atom is -0.372 e. The predicted molar refractivity (Wildman–Crippen MR) is 105 cm³/mol. The summed E-state index contributed by atoms with van der Waals surface area (Å²) in [6.45, 7) is 5.22. The maximum Gasteiger partial charge on any atom is 0.277 e. The van der Waals surface area contributed by atoms with E-state index in [4.69, 9.17) is 9.26 Å². The van der Waals surface area contributed by atoms with Gasteiger partial charge in [-0.1, -0.05) is 5.16 Å². The molecule has 10 heteroatoms. The fourth-order valence-corrected chi connectivity index (χ4v) is 4.06. The number of hydrogen-bond donors (Lipinski definition) is 0. The molecule has 1 aromatic heterocycles. The summed E-state index contributed by atoms with van der Waals surface area (Å²) in [5.41, 5.74) is -0.0803. The molecule has 2 atom stereocenters. The van der Waals surface area contributed by atoms with Crippen molar-refractivity contribution in [3.63, 3.8) is 0 Å². The highest BCUT2D eigenvalue weighted by atomic mass is 19.1. The summed E-state index contributed by atoms with van der Waals surface area (Å²) in [5.74, 6) is -1.47. The minimum absolute atomic E-state index is 0.0889. The maximum absolute atomic E-state index is 15.4. The predicted octanol–water partition coefficient (Wildman–Crippen LogP) is 1.31. The van der Waals surface area contributed by atoms with Gasteiger partial charge in [0.25, 0.3) is 5.91 Å². The molecule has 0 unspecified atom stereocenters. The smallest absolute Gasteiger partial charge is 0.277 e. The minimum atomic E-state index is -0.739. The van der Waals surface area contributed by atoms with Gasteiger partial charge < -0.3 is 24.0 Å². The maximum atomic E-state index is 15.4. The number of ether oxygens (including phenoxy) is 1. The summed E-state index contributed by atoms with van der Waals surface area (Å²) in [4.78, 5) is 41.3. The molecule has 0 bridgehead atoms. The van der Waals surface area contributed by atoms with Crippen molar-refractivity contribution in [1.82, 2.24) is 15.0 Å². The monoisotopic (exact) mass is 418 g/mol. The van der Waals surface area contributed by atoms with Gasteiger partial charge in [0.2, 0.25) is 11.5 Å². The summed E-state index contributed by atoms with van der Waals surface area (Å²) >= 11 is 0. The molecule has 160 valence electrons. The normalized spacial score (nSPS) is 22.7. The molecular formula is C20H23FN4O5. The van der Waals surface area contributed by atoms with Gasteiger partial charge in [-0.05, 0) is 19.9 Å². The highest BCUT2D eigenvalue weighted by Crippen LogP contribution is 2.34. The van der Waals surface area contributed by atoms with E-state index in [-0.39, 0.29) is 52.6 Å². The molecule has 0 radical (unpaired) electrons. The SMILES string of the molecule is C[C@@H]1CN(c2c(C=O)cc3c(C(=O)N4CCN(C)C(=O)C4)noc3c2F)C[C@H](C)O1. The van der Waals surface area contributed by atoms with Crippen LogP contribution in [0.3, 0.4) is 0 Å². The molecule has 0 aliphatic carbocycles. The van der Waals surface area contributed by atoms with Crippen molar-refractivity contribution >= 4 is 34.8 Å². The Labute approximate surface area is 172 Å². The Bertz CT molecular complexity index is 1010. The Morgan fingerprint density at radius 1 is 1.27 bits per heavy atom. The van der Waals surface area contributed by atoms with E-state index < -0.39 is 11.7 Å². The average Bonchev–Trinajstić information content (AvgIpc) is 3.12. The number of benzene rings is 1. The van der Waals surface area contributed by atoms with E-state index in [0.717, 1.165) is 0 Å². The first kappa shape index (κ1) is 20.3. The molecule has 3 heterocycles. The van der Waals surface area contributed by atoms with Crippen molar-refractivity contribution in [1.29, 1.82) is 0 Å². The Morgan fingerprint density at radius 3 is 2.60 bits per heavy atom. The molecule has 0 spiro atoms. The van der Waals surface area contributed by atoms with Crippen molar-refractivity contribution in [2.45, 2.75) is 26.1 Å². The van der Waals surface area contributed by atoms with E-state index in [9.17, 15) is 14.4 Å². The number of rotatable bonds is 3. The molecule has 1 aromatic carbocycles. The largest absolute Gasteiger partial charge is 0.372 e. The van der Waals surface area contributed by atoms with E-state index in [1.165, 1.54) is 15.9 Å². The van der Waals surface area contributed by atoms with Crippen molar-refractivity contribution in [2.75, 3.05) is 44.7 Å². The summed E-state index contributed by atoms with van der Waals surface area (Å²) in [6.07, 6.45) is 0.290. The van der Waals surface area contributed by atoms with Gasteiger partial charge in [0.15, 0.2) is 17.8 Å². The molecule has 0 N–H and O–H groups in total. The molecule has 2 aliphatic heterocycles. The van der Waals surface area contributed by atoms with Crippen LogP contribution in [0.1, 0.15) is 34.7 Å². The van der Waals surface area contributed by atoms with Crippen LogP contribution >= 0.6 is 0 Å². The van der Waals surface area contributed by atoms with E-state index in [0.29, 0.717) is 32.5 Å². The van der Waals surface area contributed by atoms with Crippen LogP contribution in [0, 0.1) is 5.82 Å². The lowest BCUT2D eigenvalue weighted by Crippen LogP contribution is -2.50. The summed E-state index contributed by atoms with van der Waals surface area (Å²) < 4.78 is 26.3. The van der Waals surface area contributed by atoms with Crippen LogP contribution in [-0.2, 0) is 9.53 Å². The lowest BCUT2D eigenvalue weighted by atomic mass is 10.1. The first-order valence-electron chi connectivity index (χ1n) is 9.80. The molecular weight excluding hydrogens is 395 g/mol. The zero-order valence-electron chi connectivity index (χ0n) is 17.1. The quantitative estimate of drug-likeness (QED) is 0.694. The molecule has 2 fully saturated rings. The molecule has 9 nitrogen and oxygen atoms in total. The van der Waals surface area contributed by atoms with Gasteiger partial charge in [-0.25, -0.2) is 4.39 Å². The second-order valence-corrected chi connectivity index (χ2v) is 7.86. The summed E-state index contributed by atoms with van der Waals surface area (Å²) in [6, 6.07) is 1.42. The number of fused-ring (bicyclic) bond motifs is 1. The van der Waals surface area contributed by atoms with Crippen LogP contribution in [0.2, 0.25) is 0 Å². The number of carbonyl (C=O) groups excluding carboxylic acids is 3. The zero-order valence-corrected chi connectivity index (χ0v) is 17.1. The number of aromatic nitrogens is 1. The topological polar surface area (TPSA) is 96.2 Å². The number of nitrogens with zero attached hydrogens (tertiary/aromatic N) is 4. The van der Waals surface area contributed by atoms with Crippen molar-refractivity contribution in [3.8, 4) is 0 Å². The van der Waals surface area contributed by atoms with Gasteiger partial charge in [0, 0.05) is 38.8 Å². The zero-order chi connectivity index (χ0) is 21.6. The summed E-state index contributed by atoms with van der Waals surface area (Å²) in [7, 11) is 1.66. The van der Waals surface area contributed by atoms with E-state index in [2.05, 4.69) is 5.16 Å². The third-order valence-corrected chi connectivity index (χ3v) is 5.52. The lowest BCUT2D eigenvalue weighted by Gasteiger charge is -2.37. The Balaban J connectivity index is 1.74. The Hall–Kier alpha value is -3.01. The van der Waals surface area contributed by atoms with Crippen molar-refractivity contribution in [2.24, 2.45) is 0 Å². The van der Waals surface area contributed by atoms with Crippen LogP contribution < -0.4 is 4.90 Å². The standard InChI is InChI=1S/C20H23FN4O5/c1-11-7-25(8-12(2)29-11)18-13(10-26)6-14-17(22-30-19(14)16(18)21)20(28)24-5-4-23(3)15(27)9-24/h6,10-12H,4-5,7-9H2,1-3H3/t11-,12+. The second-order valence-electron chi connectivity index (χ2n) is 7.86. The third kappa shape index (κ3) is 3.41. The highest BCUT2D eigenvalue weighted by molar-refractivity contribution is 6.07. The molecule has 2 saturated heterocycles. The fraction of sp³-hybridized carbons (Fsp3) is 0.500. The van der Waals surface area contributed by atoms with Gasteiger partial charge in [-0.15, -0.1) is 0 Å². The number of halogens is 1. The van der Waals surface area contributed by atoms with Gasteiger partial charge in [0.05, 0.1) is 23.3 Å². The van der Waals surface area contributed by atoms with Gasteiger partial charge in [-0.3, -0.25) is 14.4 Å². The van der Waals surface area contributed by atoms with Crippen LogP contribution in [0.5, 0.6) is 0 Å². The molecule has 2 aromatic rings. The Morgan fingerprint density at radius 2 is 1.97 bits per heavy atom. The number of morpholine rings is 1. The second kappa shape index (κ2) is 7.67. The molecule has 4 rings (SSSR count). The van der Waals surface area contributed by atoms with Crippen LogP contribution in [0.25, 0.3) is 11.0 Å². The Kier molecular flexibility index (Phi) is 5.19. The average molecular weight is 418 g/mol. The number of aldehydes is 1. The van der Waals surface area contributed by atoms with Crippen molar-refractivity contribution < 1.29 is 28.0 Å². The van der Waals surface area contributed by atoms with Gasteiger partial charge in [-0.2, -0.15) is 0 Å². The molecule has 2 aliphatic rings. The number of anilines is 1. The molecule has 30 heavy (non-hydrogen) atoms. The summed E-state index contributed by atoms with van der Waals surface area (Å²) in [5, 5.41) is 3.89. The van der Waals surface area contributed by atoms with Crippen LogP contribution in [0.4, 0.5) is 10.1 Å². The van der Waals surface area contributed by atoms with Crippen LogP contribution in [-0.4, -0.2) is 85.0 Å². The highest BCUT2D eigenvalue weighted by Gasteiger charge is 2.32. The number of carbonyl (C=O) groups is 3. The number of amides is 2. The molecule has 2 amide bonds. The number of piperazine rings is 1.